The molecular formula is C24H25N5O5. The second-order valence-corrected chi connectivity index (χ2v) is 7.58. The summed E-state index contributed by atoms with van der Waals surface area (Å²) in [6.07, 6.45) is 5.91. The summed E-state index contributed by atoms with van der Waals surface area (Å²) in [7, 11) is 0. The number of hydrogen-bond donors (Lipinski definition) is 6. The molecule has 176 valence electrons. The minimum atomic E-state index is -1.00. The Kier molecular flexibility index (Phi) is 8.01. The summed E-state index contributed by atoms with van der Waals surface area (Å²) in [5.41, 5.74) is 7.36. The van der Waals surface area contributed by atoms with E-state index in [0.29, 0.717) is 11.3 Å². The van der Waals surface area contributed by atoms with E-state index in [2.05, 4.69) is 20.6 Å². The monoisotopic (exact) mass is 463 g/mol. The van der Waals surface area contributed by atoms with E-state index in [-0.39, 0.29) is 24.3 Å². The molecule has 3 amide bonds. The van der Waals surface area contributed by atoms with Crippen LogP contribution in [-0.4, -0.2) is 50.0 Å². The highest BCUT2D eigenvalue weighted by Gasteiger charge is 2.26. The maximum absolute atomic E-state index is 13.0. The van der Waals surface area contributed by atoms with Gasteiger partial charge in [0.1, 0.15) is 12.1 Å². The molecule has 1 heterocycles. The number of nitrogens with one attached hydrogen (secondary N) is 3. The number of benzene rings is 2. The Balaban J connectivity index is 1.73. The lowest BCUT2D eigenvalue weighted by Gasteiger charge is -2.21. The van der Waals surface area contributed by atoms with Crippen LogP contribution in [0.15, 0.2) is 67.1 Å². The molecule has 34 heavy (non-hydrogen) atoms. The average Bonchev–Trinajstić information content (AvgIpc) is 3.33. The molecule has 0 spiro atoms. The van der Waals surface area contributed by atoms with Crippen LogP contribution in [0, 0.1) is 0 Å². The number of aromatic nitrogens is 2. The van der Waals surface area contributed by atoms with Crippen molar-refractivity contribution >= 4 is 23.8 Å². The van der Waals surface area contributed by atoms with Crippen molar-refractivity contribution in [3.63, 3.8) is 0 Å². The molecule has 0 bridgehead atoms. The normalized spacial score (nSPS) is 12.7. The number of phenols is 2. The Bertz CT molecular complexity index is 1160. The topological polar surface area (TPSA) is 170 Å². The van der Waals surface area contributed by atoms with E-state index in [9.17, 15) is 24.6 Å². The lowest BCUT2D eigenvalue weighted by molar-refractivity contribution is -0.130. The van der Waals surface area contributed by atoms with E-state index in [1.165, 1.54) is 42.9 Å². The third-order valence-corrected chi connectivity index (χ3v) is 4.98. The van der Waals surface area contributed by atoms with Crippen molar-refractivity contribution < 1.29 is 24.6 Å². The fourth-order valence-electron chi connectivity index (χ4n) is 3.21. The average molecular weight is 463 g/mol. The Morgan fingerprint density at radius 3 is 2.41 bits per heavy atom. The number of carbonyl (C=O) groups excluding carboxylic acids is 3. The first kappa shape index (κ1) is 24.1. The highest BCUT2D eigenvalue weighted by molar-refractivity contribution is 5.96. The van der Waals surface area contributed by atoms with Crippen LogP contribution in [0.2, 0.25) is 0 Å². The number of aromatic hydroxyl groups is 2. The van der Waals surface area contributed by atoms with Gasteiger partial charge in [-0.25, -0.2) is 4.98 Å². The molecule has 0 unspecified atom stereocenters. The zero-order chi connectivity index (χ0) is 24.5. The van der Waals surface area contributed by atoms with Gasteiger partial charge in [0.2, 0.25) is 17.7 Å². The largest absolute Gasteiger partial charge is 0.504 e. The van der Waals surface area contributed by atoms with Gasteiger partial charge in [0.25, 0.3) is 0 Å². The number of rotatable bonds is 10. The van der Waals surface area contributed by atoms with E-state index < -0.39 is 29.8 Å². The predicted octanol–water partition coefficient (Wildman–Crippen LogP) is 0.774. The van der Waals surface area contributed by atoms with Crippen LogP contribution in [0.1, 0.15) is 16.8 Å². The van der Waals surface area contributed by atoms with Gasteiger partial charge >= 0.3 is 0 Å². The van der Waals surface area contributed by atoms with E-state index in [4.69, 9.17) is 5.73 Å². The first-order chi connectivity index (χ1) is 16.3. The van der Waals surface area contributed by atoms with E-state index in [0.717, 1.165) is 5.56 Å². The fourth-order valence-corrected chi connectivity index (χ4v) is 3.21. The summed E-state index contributed by atoms with van der Waals surface area (Å²) in [5, 5.41) is 24.2. The van der Waals surface area contributed by atoms with Crippen molar-refractivity contribution in [1.82, 2.24) is 20.6 Å². The molecule has 2 atom stereocenters. The highest BCUT2D eigenvalue weighted by Crippen LogP contribution is 2.25. The number of imidazole rings is 1. The molecule has 0 radical (unpaired) electrons. The maximum atomic E-state index is 13.0. The summed E-state index contributed by atoms with van der Waals surface area (Å²) >= 11 is 0. The van der Waals surface area contributed by atoms with Crippen molar-refractivity contribution in [3.05, 3.63) is 84.0 Å². The minimum absolute atomic E-state index is 0.122. The molecule has 0 aliphatic carbocycles. The fraction of sp³-hybridized carbons (Fsp3) is 0.167. The third kappa shape index (κ3) is 6.95. The molecule has 0 saturated heterocycles. The SMILES string of the molecule is NC(=O)[C@H](Cc1cnc[nH]1)NC(=O)[C@H](Cc1ccccc1)NC(=O)/C=C/c1ccc(O)c(O)c1. The second-order valence-electron chi connectivity index (χ2n) is 7.58. The van der Waals surface area contributed by atoms with E-state index in [1.54, 1.807) is 0 Å². The molecule has 1 aromatic heterocycles. The Hall–Kier alpha value is -4.60. The van der Waals surface area contributed by atoms with Crippen molar-refractivity contribution in [2.24, 2.45) is 5.73 Å². The van der Waals surface area contributed by atoms with Crippen molar-refractivity contribution in [3.8, 4) is 11.5 Å². The third-order valence-electron chi connectivity index (χ3n) is 4.98. The molecule has 10 nitrogen and oxygen atoms in total. The van der Waals surface area contributed by atoms with Crippen LogP contribution in [0.25, 0.3) is 6.08 Å². The molecule has 0 aliphatic rings. The Morgan fingerprint density at radius 2 is 1.76 bits per heavy atom. The molecule has 0 fully saturated rings. The maximum Gasteiger partial charge on any atom is 0.244 e. The molecule has 7 N–H and O–H groups in total. The van der Waals surface area contributed by atoms with Gasteiger partial charge in [0.15, 0.2) is 11.5 Å². The Labute approximate surface area is 195 Å². The van der Waals surface area contributed by atoms with Gasteiger partial charge in [-0.05, 0) is 29.3 Å². The molecule has 0 saturated carbocycles. The lowest BCUT2D eigenvalue weighted by Crippen LogP contribution is -2.54. The zero-order valence-corrected chi connectivity index (χ0v) is 18.1. The first-order valence-corrected chi connectivity index (χ1v) is 10.4. The molecule has 2 aromatic carbocycles. The van der Waals surface area contributed by atoms with E-state index >= 15 is 0 Å². The molecule has 3 aromatic rings. The Morgan fingerprint density at radius 1 is 1.00 bits per heavy atom. The van der Waals surface area contributed by atoms with Gasteiger partial charge in [0, 0.05) is 30.8 Å². The van der Waals surface area contributed by atoms with Crippen LogP contribution in [-0.2, 0) is 27.2 Å². The summed E-state index contributed by atoms with van der Waals surface area (Å²) < 4.78 is 0. The summed E-state index contributed by atoms with van der Waals surface area (Å²) in [4.78, 5) is 44.2. The number of amides is 3. The van der Waals surface area contributed by atoms with Crippen LogP contribution in [0.3, 0.4) is 0 Å². The summed E-state index contributed by atoms with van der Waals surface area (Å²) in [6, 6.07) is 11.2. The standard InChI is InChI=1S/C24H25N5O5/c25-23(33)18(12-17-13-26-14-27-17)29-24(34)19(10-15-4-2-1-3-5-15)28-22(32)9-7-16-6-8-20(30)21(31)11-16/h1-9,11,13-14,18-19,30-31H,10,12H2,(H2,25,33)(H,26,27)(H,28,32)(H,29,34)/b9-7+/t18-,19-/m0/s1. The van der Waals surface area contributed by atoms with Gasteiger partial charge in [-0.15, -0.1) is 0 Å². The van der Waals surface area contributed by atoms with Gasteiger partial charge in [-0.2, -0.15) is 0 Å². The van der Waals surface area contributed by atoms with Crippen LogP contribution < -0.4 is 16.4 Å². The van der Waals surface area contributed by atoms with Gasteiger partial charge < -0.3 is 31.6 Å². The predicted molar refractivity (Wildman–Crippen MR) is 124 cm³/mol. The number of H-pyrrole nitrogens is 1. The zero-order valence-electron chi connectivity index (χ0n) is 18.1. The van der Waals surface area contributed by atoms with E-state index in [1.807, 2.05) is 30.3 Å². The molecular weight excluding hydrogens is 438 g/mol. The molecule has 0 aliphatic heterocycles. The number of primary amides is 1. The van der Waals surface area contributed by atoms with Gasteiger partial charge in [-0.3, -0.25) is 14.4 Å². The summed E-state index contributed by atoms with van der Waals surface area (Å²) in [5.74, 6) is -2.46. The van der Waals surface area contributed by atoms with Crippen molar-refractivity contribution in [2.75, 3.05) is 0 Å². The van der Waals surface area contributed by atoms with Crippen molar-refractivity contribution in [2.45, 2.75) is 24.9 Å². The highest BCUT2D eigenvalue weighted by atomic mass is 16.3. The minimum Gasteiger partial charge on any atom is -0.504 e. The molecule has 10 heteroatoms. The quantitative estimate of drug-likeness (QED) is 0.192. The second kappa shape index (κ2) is 11.3. The number of nitrogens with two attached hydrogens (primary N) is 1. The number of hydrogen-bond acceptors (Lipinski definition) is 6. The van der Waals surface area contributed by atoms with Gasteiger partial charge in [-0.1, -0.05) is 36.4 Å². The van der Waals surface area contributed by atoms with Gasteiger partial charge in [0.05, 0.1) is 6.33 Å². The van der Waals surface area contributed by atoms with Crippen LogP contribution >= 0.6 is 0 Å². The number of nitrogens with zero attached hydrogens (tertiary/aromatic N) is 1. The van der Waals surface area contributed by atoms with Crippen molar-refractivity contribution in [1.29, 1.82) is 0 Å². The van der Waals surface area contributed by atoms with Crippen LogP contribution in [0.5, 0.6) is 11.5 Å². The number of carbonyl (C=O) groups is 3. The lowest BCUT2D eigenvalue weighted by atomic mass is 10.0. The molecule has 3 rings (SSSR count). The number of phenolic OH excluding ortho intramolecular Hbond substituents is 2. The number of aromatic amines is 1. The smallest absolute Gasteiger partial charge is 0.244 e. The first-order valence-electron chi connectivity index (χ1n) is 10.4. The van der Waals surface area contributed by atoms with Crippen LogP contribution in [0.4, 0.5) is 0 Å². The summed E-state index contributed by atoms with van der Waals surface area (Å²) in [6.45, 7) is 0.